The summed E-state index contributed by atoms with van der Waals surface area (Å²) >= 11 is 0. The van der Waals surface area contributed by atoms with E-state index in [4.69, 9.17) is 5.14 Å². The highest BCUT2D eigenvalue weighted by Gasteiger charge is 2.20. The number of primary sulfonamides is 1. The Balaban J connectivity index is 1.98. The van der Waals surface area contributed by atoms with Crippen LogP contribution in [0.5, 0.6) is 0 Å². The molecule has 0 fully saturated rings. The van der Waals surface area contributed by atoms with E-state index in [1.54, 1.807) is 12.1 Å². The second-order valence-electron chi connectivity index (χ2n) is 6.92. The molecule has 0 atom stereocenters. The number of anilines is 2. The van der Waals surface area contributed by atoms with Gasteiger partial charge in [0.25, 0.3) is 10.0 Å². The molecule has 2 aromatic rings. The minimum Gasteiger partial charge on any atom is -0.383 e. The highest BCUT2D eigenvalue weighted by molar-refractivity contribution is 7.92. The summed E-state index contributed by atoms with van der Waals surface area (Å²) in [6.45, 7) is 2.59. The van der Waals surface area contributed by atoms with Crippen molar-refractivity contribution in [3.05, 3.63) is 47.5 Å². The molecule has 0 spiro atoms. The summed E-state index contributed by atoms with van der Waals surface area (Å²) in [7, 11) is -7.84. The Labute approximate surface area is 166 Å². The zero-order valence-corrected chi connectivity index (χ0v) is 17.4. The average Bonchev–Trinajstić information content (AvgIpc) is 2.65. The molecule has 3 rings (SSSR count). The lowest BCUT2D eigenvalue weighted by molar-refractivity contribution is 0.596. The van der Waals surface area contributed by atoms with Crippen molar-refractivity contribution < 1.29 is 16.8 Å². The minimum atomic E-state index is -3.96. The fraction of sp³-hybridized carbons (Fsp3) is 0.368. The lowest BCUT2D eigenvalue weighted by Crippen LogP contribution is -2.17. The first-order valence-electron chi connectivity index (χ1n) is 9.26. The number of nitrogens with two attached hydrogens (primary N) is 1. The molecule has 4 N–H and O–H groups in total. The molecule has 1 aliphatic carbocycles. The molecule has 0 heterocycles. The molecule has 0 unspecified atom stereocenters. The van der Waals surface area contributed by atoms with E-state index in [1.807, 2.05) is 13.0 Å². The van der Waals surface area contributed by atoms with Gasteiger partial charge in [-0.15, -0.1) is 0 Å². The Morgan fingerprint density at radius 3 is 2.25 bits per heavy atom. The number of benzene rings is 2. The lowest BCUT2D eigenvalue weighted by atomic mass is 9.92. The van der Waals surface area contributed by atoms with Crippen LogP contribution in [-0.4, -0.2) is 23.4 Å². The predicted octanol–water partition coefficient (Wildman–Crippen LogP) is 2.84. The SMILES string of the molecule is CCCNc1ccc(S(N)(=O)=O)cc1NS(=O)(=O)c1ccc2c(c1)CCCC2. The van der Waals surface area contributed by atoms with Gasteiger partial charge in [-0.05, 0) is 73.6 Å². The standard InChI is InChI=1S/C19H25N3O4S2/c1-2-11-21-18-10-9-16(27(20,23)24)13-19(18)22-28(25,26)17-8-7-14-5-3-4-6-15(14)12-17/h7-10,12-13,21-22H,2-6,11H2,1H3,(H2,20,23,24). The van der Waals surface area contributed by atoms with Gasteiger partial charge >= 0.3 is 0 Å². The van der Waals surface area contributed by atoms with E-state index in [9.17, 15) is 16.8 Å². The highest BCUT2D eigenvalue weighted by Crippen LogP contribution is 2.29. The van der Waals surface area contributed by atoms with E-state index in [0.717, 1.165) is 37.7 Å². The molecule has 7 nitrogen and oxygen atoms in total. The summed E-state index contributed by atoms with van der Waals surface area (Å²) < 4.78 is 51.8. The highest BCUT2D eigenvalue weighted by atomic mass is 32.2. The number of hydrogen-bond acceptors (Lipinski definition) is 5. The molecule has 0 aliphatic heterocycles. The first-order chi connectivity index (χ1) is 13.2. The molecule has 2 aromatic carbocycles. The fourth-order valence-corrected chi connectivity index (χ4v) is 4.94. The number of sulfonamides is 2. The van der Waals surface area contributed by atoms with Crippen molar-refractivity contribution in [1.29, 1.82) is 0 Å². The van der Waals surface area contributed by atoms with Crippen LogP contribution in [-0.2, 0) is 32.9 Å². The molecule has 0 saturated heterocycles. The van der Waals surface area contributed by atoms with E-state index >= 15 is 0 Å². The molecule has 0 aromatic heterocycles. The zero-order chi connectivity index (χ0) is 20.4. The van der Waals surface area contributed by atoms with E-state index in [-0.39, 0.29) is 15.5 Å². The van der Waals surface area contributed by atoms with Gasteiger partial charge in [-0.2, -0.15) is 0 Å². The van der Waals surface area contributed by atoms with Crippen LogP contribution in [0.25, 0.3) is 0 Å². The van der Waals surface area contributed by atoms with Gasteiger partial charge in [0.1, 0.15) is 0 Å². The first-order valence-corrected chi connectivity index (χ1v) is 12.3. The summed E-state index contributed by atoms with van der Waals surface area (Å²) in [6, 6.07) is 9.27. The topological polar surface area (TPSA) is 118 Å². The van der Waals surface area contributed by atoms with Crippen LogP contribution in [0.1, 0.15) is 37.3 Å². The maximum absolute atomic E-state index is 13.0. The normalized spacial score (nSPS) is 14.4. The predicted molar refractivity (Wildman–Crippen MR) is 110 cm³/mol. The van der Waals surface area contributed by atoms with Gasteiger partial charge in [0.15, 0.2) is 0 Å². The van der Waals surface area contributed by atoms with Crippen LogP contribution < -0.4 is 15.2 Å². The summed E-state index contributed by atoms with van der Waals surface area (Å²) in [5, 5.41) is 8.30. The third-order valence-electron chi connectivity index (χ3n) is 4.76. The summed E-state index contributed by atoms with van der Waals surface area (Å²) in [5.74, 6) is 0. The monoisotopic (exact) mass is 423 g/mol. The lowest BCUT2D eigenvalue weighted by Gasteiger charge is -2.18. The maximum atomic E-state index is 13.0. The molecule has 1 aliphatic rings. The molecule has 0 bridgehead atoms. The Hall–Kier alpha value is -2.10. The third kappa shape index (κ3) is 4.65. The molecular formula is C19H25N3O4S2. The molecule has 28 heavy (non-hydrogen) atoms. The third-order valence-corrected chi connectivity index (χ3v) is 7.03. The Morgan fingerprint density at radius 1 is 0.893 bits per heavy atom. The second-order valence-corrected chi connectivity index (χ2v) is 10.2. The maximum Gasteiger partial charge on any atom is 0.261 e. The van der Waals surface area contributed by atoms with E-state index in [2.05, 4.69) is 10.0 Å². The van der Waals surface area contributed by atoms with Gasteiger partial charge in [0, 0.05) is 6.54 Å². The number of fused-ring (bicyclic) bond motifs is 1. The van der Waals surface area contributed by atoms with Crippen molar-refractivity contribution in [2.75, 3.05) is 16.6 Å². The quantitative estimate of drug-likeness (QED) is 0.633. The van der Waals surface area contributed by atoms with Crippen molar-refractivity contribution in [3.8, 4) is 0 Å². The zero-order valence-electron chi connectivity index (χ0n) is 15.7. The van der Waals surface area contributed by atoms with Crippen LogP contribution in [0.2, 0.25) is 0 Å². The van der Waals surface area contributed by atoms with Gasteiger partial charge in [-0.3, -0.25) is 4.72 Å². The number of hydrogen-bond donors (Lipinski definition) is 3. The van der Waals surface area contributed by atoms with Crippen molar-refractivity contribution in [2.24, 2.45) is 5.14 Å². The number of nitrogens with one attached hydrogen (secondary N) is 2. The van der Waals surface area contributed by atoms with Crippen molar-refractivity contribution in [3.63, 3.8) is 0 Å². The first kappa shape index (κ1) is 20.6. The minimum absolute atomic E-state index is 0.151. The van der Waals surface area contributed by atoms with Crippen LogP contribution in [0.15, 0.2) is 46.2 Å². The number of rotatable bonds is 7. The largest absolute Gasteiger partial charge is 0.383 e. The Kier molecular flexibility index (Phi) is 5.97. The molecular weight excluding hydrogens is 398 g/mol. The van der Waals surface area contributed by atoms with Gasteiger partial charge in [0.2, 0.25) is 10.0 Å². The smallest absolute Gasteiger partial charge is 0.261 e. The molecule has 9 heteroatoms. The number of aryl methyl sites for hydroxylation is 2. The van der Waals surface area contributed by atoms with Crippen LogP contribution in [0, 0.1) is 0 Å². The van der Waals surface area contributed by atoms with Crippen molar-refractivity contribution in [1.82, 2.24) is 0 Å². The van der Waals surface area contributed by atoms with Gasteiger partial charge in [0.05, 0.1) is 21.2 Å². The summed E-state index contributed by atoms with van der Waals surface area (Å²) in [5.41, 5.74) is 2.89. The molecule has 0 radical (unpaired) electrons. The molecule has 0 saturated carbocycles. The van der Waals surface area contributed by atoms with Crippen LogP contribution >= 0.6 is 0 Å². The summed E-state index contributed by atoms with van der Waals surface area (Å²) in [4.78, 5) is 0.00768. The Bertz CT molecular complexity index is 1080. The van der Waals surface area contributed by atoms with Crippen LogP contribution in [0.3, 0.4) is 0 Å². The molecule has 0 amide bonds. The van der Waals surface area contributed by atoms with Crippen LogP contribution in [0.4, 0.5) is 11.4 Å². The van der Waals surface area contributed by atoms with Gasteiger partial charge in [-0.1, -0.05) is 13.0 Å². The summed E-state index contributed by atoms with van der Waals surface area (Å²) in [6.07, 6.45) is 4.82. The van der Waals surface area contributed by atoms with Crippen molar-refractivity contribution in [2.45, 2.75) is 48.8 Å². The Morgan fingerprint density at radius 2 is 1.57 bits per heavy atom. The van der Waals surface area contributed by atoms with E-state index in [0.29, 0.717) is 12.2 Å². The van der Waals surface area contributed by atoms with E-state index in [1.165, 1.54) is 23.8 Å². The average molecular weight is 424 g/mol. The van der Waals surface area contributed by atoms with Crippen molar-refractivity contribution >= 4 is 31.4 Å². The van der Waals surface area contributed by atoms with E-state index < -0.39 is 20.0 Å². The van der Waals surface area contributed by atoms with Gasteiger partial charge in [-0.25, -0.2) is 22.0 Å². The van der Waals surface area contributed by atoms with Gasteiger partial charge < -0.3 is 5.32 Å². The molecule has 152 valence electrons. The second kappa shape index (κ2) is 8.10. The fourth-order valence-electron chi connectivity index (χ4n) is 3.28.